The summed E-state index contributed by atoms with van der Waals surface area (Å²) in [6.45, 7) is 5.04. The van der Waals surface area contributed by atoms with E-state index in [1.807, 2.05) is 24.6 Å². The first kappa shape index (κ1) is 12.6. The molecule has 1 saturated heterocycles. The van der Waals surface area contributed by atoms with E-state index in [2.05, 4.69) is 4.98 Å². The highest BCUT2D eigenvalue weighted by Crippen LogP contribution is 2.37. The Morgan fingerprint density at radius 2 is 2.22 bits per heavy atom. The third kappa shape index (κ3) is 1.87. The predicted molar refractivity (Wildman–Crippen MR) is 63.8 cm³/mol. The Morgan fingerprint density at radius 3 is 2.78 bits per heavy atom. The van der Waals surface area contributed by atoms with Crippen molar-refractivity contribution in [3.63, 3.8) is 0 Å². The van der Waals surface area contributed by atoms with Crippen molar-refractivity contribution in [2.24, 2.45) is 5.92 Å². The van der Waals surface area contributed by atoms with Crippen molar-refractivity contribution in [2.75, 3.05) is 6.54 Å². The van der Waals surface area contributed by atoms with Crippen molar-refractivity contribution in [2.45, 2.75) is 32.9 Å². The third-order valence-electron chi connectivity index (χ3n) is 3.44. The number of aryl methyl sites for hydroxylation is 1. The SMILES string of the molecule is CCN1C(=O)C[C@@H](C(=O)O)[C@@H]1c1nccn1CC. The van der Waals surface area contributed by atoms with Crippen LogP contribution in [0.25, 0.3) is 0 Å². The summed E-state index contributed by atoms with van der Waals surface area (Å²) in [4.78, 5) is 29.0. The van der Waals surface area contributed by atoms with Crippen molar-refractivity contribution < 1.29 is 14.7 Å². The average Bonchev–Trinajstić information content (AvgIpc) is 2.91. The number of imidazole rings is 1. The van der Waals surface area contributed by atoms with Gasteiger partial charge in [-0.25, -0.2) is 4.98 Å². The molecule has 1 aliphatic rings. The van der Waals surface area contributed by atoms with E-state index in [1.165, 1.54) is 0 Å². The van der Waals surface area contributed by atoms with Gasteiger partial charge in [-0.15, -0.1) is 0 Å². The van der Waals surface area contributed by atoms with Crippen molar-refractivity contribution in [3.8, 4) is 0 Å². The van der Waals surface area contributed by atoms with Gasteiger partial charge in [-0.3, -0.25) is 9.59 Å². The minimum atomic E-state index is -0.935. The van der Waals surface area contributed by atoms with Crippen LogP contribution in [0.5, 0.6) is 0 Å². The van der Waals surface area contributed by atoms with E-state index in [9.17, 15) is 14.7 Å². The fourth-order valence-electron chi connectivity index (χ4n) is 2.56. The number of carbonyl (C=O) groups excluding carboxylic acids is 1. The zero-order valence-corrected chi connectivity index (χ0v) is 10.5. The molecule has 1 amide bonds. The van der Waals surface area contributed by atoms with E-state index >= 15 is 0 Å². The summed E-state index contributed by atoms with van der Waals surface area (Å²) in [5.41, 5.74) is 0. The number of carbonyl (C=O) groups is 2. The highest BCUT2D eigenvalue weighted by atomic mass is 16.4. The lowest BCUT2D eigenvalue weighted by Crippen LogP contribution is -2.32. The van der Waals surface area contributed by atoms with Gasteiger partial charge in [-0.1, -0.05) is 0 Å². The second-order valence-electron chi connectivity index (χ2n) is 4.34. The van der Waals surface area contributed by atoms with Gasteiger partial charge in [0, 0.05) is 31.9 Å². The average molecular weight is 251 g/mol. The van der Waals surface area contributed by atoms with E-state index in [4.69, 9.17) is 0 Å². The van der Waals surface area contributed by atoms with Crippen molar-refractivity contribution >= 4 is 11.9 Å². The van der Waals surface area contributed by atoms with Crippen LogP contribution in [0.1, 0.15) is 32.1 Å². The first-order valence-corrected chi connectivity index (χ1v) is 6.13. The fraction of sp³-hybridized carbons (Fsp3) is 0.583. The summed E-state index contributed by atoms with van der Waals surface area (Å²) in [5.74, 6) is -1.08. The van der Waals surface area contributed by atoms with Gasteiger partial charge in [0.15, 0.2) is 0 Å². The lowest BCUT2D eigenvalue weighted by molar-refractivity contribution is -0.142. The maximum Gasteiger partial charge on any atom is 0.309 e. The number of aliphatic carboxylic acids is 1. The molecule has 6 heteroatoms. The maximum absolute atomic E-state index is 11.9. The number of hydrogen-bond donors (Lipinski definition) is 1. The van der Waals surface area contributed by atoms with Crippen LogP contribution >= 0.6 is 0 Å². The number of nitrogens with zero attached hydrogens (tertiary/aromatic N) is 3. The number of aromatic nitrogens is 2. The second-order valence-corrected chi connectivity index (χ2v) is 4.34. The molecule has 1 N–H and O–H groups in total. The Balaban J connectivity index is 2.42. The van der Waals surface area contributed by atoms with Crippen LogP contribution in [0.4, 0.5) is 0 Å². The van der Waals surface area contributed by atoms with E-state index in [-0.39, 0.29) is 12.3 Å². The van der Waals surface area contributed by atoms with Gasteiger partial charge in [0.25, 0.3) is 0 Å². The molecular formula is C12H17N3O3. The molecule has 0 bridgehead atoms. The van der Waals surface area contributed by atoms with Gasteiger partial charge in [-0.05, 0) is 13.8 Å². The van der Waals surface area contributed by atoms with Crippen LogP contribution < -0.4 is 0 Å². The molecule has 2 atom stereocenters. The summed E-state index contributed by atoms with van der Waals surface area (Å²) >= 11 is 0. The molecule has 0 spiro atoms. The first-order valence-electron chi connectivity index (χ1n) is 6.13. The molecule has 2 rings (SSSR count). The highest BCUT2D eigenvalue weighted by molar-refractivity contribution is 5.87. The molecule has 1 aromatic rings. The second kappa shape index (κ2) is 4.80. The van der Waals surface area contributed by atoms with Crippen LogP contribution in [0, 0.1) is 5.92 Å². The van der Waals surface area contributed by atoms with Crippen LogP contribution in [0.3, 0.4) is 0 Å². The van der Waals surface area contributed by atoms with Crippen molar-refractivity contribution in [1.82, 2.24) is 14.5 Å². The number of hydrogen-bond acceptors (Lipinski definition) is 3. The van der Waals surface area contributed by atoms with Gasteiger partial charge in [-0.2, -0.15) is 0 Å². The molecule has 98 valence electrons. The Bertz CT molecular complexity index is 469. The van der Waals surface area contributed by atoms with Crippen LogP contribution in [0.2, 0.25) is 0 Å². The van der Waals surface area contributed by atoms with Crippen LogP contribution in [0.15, 0.2) is 12.4 Å². The van der Waals surface area contributed by atoms with Crippen LogP contribution in [-0.2, 0) is 16.1 Å². The zero-order chi connectivity index (χ0) is 13.3. The summed E-state index contributed by atoms with van der Waals surface area (Å²) in [7, 11) is 0. The summed E-state index contributed by atoms with van der Waals surface area (Å²) in [5, 5.41) is 9.26. The zero-order valence-electron chi connectivity index (χ0n) is 10.5. The number of rotatable bonds is 4. The number of carboxylic acid groups (broad SMARTS) is 1. The van der Waals surface area contributed by atoms with Gasteiger partial charge in [0.05, 0.1) is 5.92 Å². The largest absolute Gasteiger partial charge is 0.481 e. The van der Waals surface area contributed by atoms with Gasteiger partial charge >= 0.3 is 5.97 Å². The van der Waals surface area contributed by atoms with Gasteiger partial charge < -0.3 is 14.6 Å². The number of carboxylic acids is 1. The fourth-order valence-corrected chi connectivity index (χ4v) is 2.56. The Hall–Kier alpha value is -1.85. The minimum absolute atomic E-state index is 0.0599. The third-order valence-corrected chi connectivity index (χ3v) is 3.44. The van der Waals surface area contributed by atoms with E-state index in [1.54, 1.807) is 11.1 Å². The first-order chi connectivity index (χ1) is 8.60. The molecule has 0 aromatic carbocycles. The van der Waals surface area contributed by atoms with Crippen LogP contribution in [-0.4, -0.2) is 38.0 Å². The topological polar surface area (TPSA) is 75.4 Å². The Morgan fingerprint density at radius 1 is 1.50 bits per heavy atom. The van der Waals surface area contributed by atoms with E-state index in [0.29, 0.717) is 18.9 Å². The molecule has 0 unspecified atom stereocenters. The Kier molecular flexibility index (Phi) is 3.36. The summed E-state index contributed by atoms with van der Waals surface area (Å²) in [6, 6.07) is -0.449. The molecule has 1 aromatic heterocycles. The molecule has 6 nitrogen and oxygen atoms in total. The lowest BCUT2D eigenvalue weighted by Gasteiger charge is -2.25. The highest BCUT2D eigenvalue weighted by Gasteiger charge is 2.45. The van der Waals surface area contributed by atoms with Crippen molar-refractivity contribution in [1.29, 1.82) is 0 Å². The monoisotopic (exact) mass is 251 g/mol. The molecule has 0 saturated carbocycles. The molecule has 1 fully saturated rings. The molecule has 2 heterocycles. The minimum Gasteiger partial charge on any atom is -0.481 e. The smallest absolute Gasteiger partial charge is 0.309 e. The Labute approximate surface area is 105 Å². The lowest BCUT2D eigenvalue weighted by atomic mass is 10.00. The molecule has 0 radical (unpaired) electrons. The summed E-state index contributed by atoms with van der Waals surface area (Å²) < 4.78 is 1.89. The quantitative estimate of drug-likeness (QED) is 0.862. The van der Waals surface area contributed by atoms with Gasteiger partial charge in [0.2, 0.25) is 5.91 Å². The predicted octanol–water partition coefficient (Wildman–Crippen LogP) is 0.897. The summed E-state index contributed by atoms with van der Waals surface area (Å²) in [6.07, 6.45) is 3.52. The number of amides is 1. The number of likely N-dealkylation sites (tertiary alicyclic amines) is 1. The van der Waals surface area contributed by atoms with Crippen molar-refractivity contribution in [3.05, 3.63) is 18.2 Å². The van der Waals surface area contributed by atoms with E-state index < -0.39 is 17.9 Å². The molecule has 1 aliphatic heterocycles. The molecule has 0 aliphatic carbocycles. The standard InChI is InChI=1S/C12H17N3O3/c1-3-14-6-5-13-11(14)10-8(12(17)18)7-9(16)15(10)4-2/h5-6,8,10H,3-4,7H2,1-2H3,(H,17,18)/t8-,10-/m1/s1. The van der Waals surface area contributed by atoms with Gasteiger partial charge in [0.1, 0.15) is 11.9 Å². The normalized spacial score (nSPS) is 23.7. The molecule has 18 heavy (non-hydrogen) atoms. The molecular weight excluding hydrogens is 234 g/mol. The van der Waals surface area contributed by atoms with E-state index in [0.717, 1.165) is 0 Å². The maximum atomic E-state index is 11.9.